The lowest BCUT2D eigenvalue weighted by atomic mass is 10.0. The number of rotatable bonds is 5. The number of fused-ring (bicyclic) bond motifs is 1. The highest BCUT2D eigenvalue weighted by Gasteiger charge is 2.19. The number of hydrogen-bond donors (Lipinski definition) is 4. The van der Waals surface area contributed by atoms with E-state index in [9.17, 15) is 15.0 Å². The number of H-pyrrole nitrogens is 1. The highest BCUT2D eigenvalue weighted by molar-refractivity contribution is 5.73. The van der Waals surface area contributed by atoms with Crippen LogP contribution < -0.4 is 5.32 Å². The van der Waals surface area contributed by atoms with Gasteiger partial charge in [-0.15, -0.1) is 0 Å². The molecule has 0 aliphatic heterocycles. The molecule has 2 rings (SSSR count). The minimum atomic E-state index is -1.05. The first kappa shape index (κ1) is 13.4. The van der Waals surface area contributed by atoms with E-state index in [-0.39, 0.29) is 12.3 Å². The lowest BCUT2D eigenvalue weighted by Gasteiger charge is -2.17. The van der Waals surface area contributed by atoms with E-state index in [4.69, 9.17) is 0 Å². The second-order valence-corrected chi connectivity index (χ2v) is 4.36. The minimum Gasteiger partial charge on any atom is -0.390 e. The molecular weight excluding hydrogens is 248 g/mol. The molecular formula is C12H16N4O3. The second-order valence-electron chi connectivity index (χ2n) is 4.36. The molecule has 19 heavy (non-hydrogen) atoms. The summed E-state index contributed by atoms with van der Waals surface area (Å²) in [6.45, 7) is 1.71. The van der Waals surface area contributed by atoms with Crippen molar-refractivity contribution in [2.45, 2.75) is 25.6 Å². The summed E-state index contributed by atoms with van der Waals surface area (Å²) in [6.07, 6.45) is 1.34. The summed E-state index contributed by atoms with van der Waals surface area (Å²) in [5.41, 5.74) is 1.90. The van der Waals surface area contributed by atoms with Gasteiger partial charge in [0.25, 0.3) is 0 Å². The third-order valence-electron chi connectivity index (χ3n) is 2.83. The molecule has 2 heterocycles. The van der Waals surface area contributed by atoms with Crippen molar-refractivity contribution in [2.75, 3.05) is 6.54 Å². The third-order valence-corrected chi connectivity index (χ3v) is 2.83. The van der Waals surface area contributed by atoms with Crippen molar-refractivity contribution in [1.29, 1.82) is 0 Å². The summed E-state index contributed by atoms with van der Waals surface area (Å²) in [5, 5.41) is 29.0. The van der Waals surface area contributed by atoms with E-state index in [1.54, 1.807) is 12.3 Å². The maximum Gasteiger partial charge on any atom is 0.216 e. The van der Waals surface area contributed by atoms with Crippen molar-refractivity contribution in [3.63, 3.8) is 0 Å². The number of carbonyl (C=O) groups excluding carboxylic acids is 1. The van der Waals surface area contributed by atoms with Crippen molar-refractivity contribution >= 4 is 16.9 Å². The van der Waals surface area contributed by atoms with Gasteiger partial charge in [-0.2, -0.15) is 5.10 Å². The van der Waals surface area contributed by atoms with Crippen LogP contribution in [-0.4, -0.2) is 44.0 Å². The molecule has 0 saturated heterocycles. The fraction of sp³-hybridized carbons (Fsp3) is 0.417. The average Bonchev–Trinajstić information content (AvgIpc) is 2.84. The van der Waals surface area contributed by atoms with Crippen LogP contribution in [0.4, 0.5) is 0 Å². The Bertz CT molecular complexity index is 569. The van der Waals surface area contributed by atoms with Crippen LogP contribution in [0.15, 0.2) is 18.5 Å². The fourth-order valence-electron chi connectivity index (χ4n) is 1.78. The Kier molecular flexibility index (Phi) is 4.08. The summed E-state index contributed by atoms with van der Waals surface area (Å²) in [5.74, 6) is -0.165. The van der Waals surface area contributed by atoms with Gasteiger partial charge in [0.05, 0.1) is 17.8 Å². The molecule has 7 nitrogen and oxygen atoms in total. The van der Waals surface area contributed by atoms with E-state index >= 15 is 0 Å². The SMILES string of the molecule is CC(=O)NCCC(O)C(O)c1cnc2cn[nH]c2c1. The standard InChI is InChI=1S/C12H16N4O3/c1-7(17)13-3-2-11(18)12(19)8-4-9-10(14-5-8)6-15-16-9/h4-6,11-12,18-19H,2-3H2,1H3,(H,13,17)(H,15,16). The second kappa shape index (κ2) is 5.77. The third kappa shape index (κ3) is 3.27. The van der Waals surface area contributed by atoms with Gasteiger partial charge in [0.1, 0.15) is 11.6 Å². The number of hydrogen-bond acceptors (Lipinski definition) is 5. The zero-order valence-corrected chi connectivity index (χ0v) is 10.5. The maximum atomic E-state index is 10.7. The molecule has 0 aliphatic rings. The van der Waals surface area contributed by atoms with Crippen LogP contribution in [0, 0.1) is 0 Å². The Balaban J connectivity index is 2.01. The van der Waals surface area contributed by atoms with Crippen molar-refractivity contribution < 1.29 is 15.0 Å². The Morgan fingerprint density at radius 1 is 1.47 bits per heavy atom. The molecule has 2 aromatic rings. The van der Waals surface area contributed by atoms with Crippen LogP contribution in [-0.2, 0) is 4.79 Å². The smallest absolute Gasteiger partial charge is 0.216 e. The molecule has 1 amide bonds. The van der Waals surface area contributed by atoms with Crippen molar-refractivity contribution in [3.05, 3.63) is 24.0 Å². The van der Waals surface area contributed by atoms with E-state index < -0.39 is 12.2 Å². The number of carbonyl (C=O) groups is 1. The van der Waals surface area contributed by atoms with Crippen LogP contribution in [0.25, 0.3) is 11.0 Å². The number of pyridine rings is 1. The molecule has 0 radical (unpaired) electrons. The molecule has 102 valence electrons. The Hall–Kier alpha value is -1.99. The lowest BCUT2D eigenvalue weighted by molar-refractivity contribution is -0.119. The van der Waals surface area contributed by atoms with E-state index in [0.717, 1.165) is 0 Å². The number of nitrogens with zero attached hydrogens (tertiary/aromatic N) is 2. The zero-order chi connectivity index (χ0) is 13.8. The number of aromatic amines is 1. The molecule has 4 N–H and O–H groups in total. The van der Waals surface area contributed by atoms with Gasteiger partial charge < -0.3 is 15.5 Å². The number of aliphatic hydroxyl groups is 2. The van der Waals surface area contributed by atoms with E-state index in [0.29, 0.717) is 23.1 Å². The molecule has 0 aliphatic carbocycles. The molecule has 7 heteroatoms. The molecule has 2 atom stereocenters. The lowest BCUT2D eigenvalue weighted by Crippen LogP contribution is -2.27. The van der Waals surface area contributed by atoms with Crippen molar-refractivity contribution in [2.24, 2.45) is 0 Å². The number of nitrogens with one attached hydrogen (secondary N) is 2. The normalized spacial score (nSPS) is 14.3. The summed E-state index contributed by atoms with van der Waals surface area (Å²) in [4.78, 5) is 14.8. The molecule has 0 spiro atoms. The van der Waals surface area contributed by atoms with Gasteiger partial charge in [-0.25, -0.2) is 0 Å². The quantitative estimate of drug-likeness (QED) is 0.601. The molecule has 0 aromatic carbocycles. The summed E-state index contributed by atoms with van der Waals surface area (Å²) in [6, 6.07) is 1.70. The number of aliphatic hydroxyl groups excluding tert-OH is 2. The molecule has 2 aromatic heterocycles. The summed E-state index contributed by atoms with van der Waals surface area (Å²) >= 11 is 0. The predicted molar refractivity (Wildman–Crippen MR) is 68.2 cm³/mol. The van der Waals surface area contributed by atoms with Gasteiger partial charge >= 0.3 is 0 Å². The van der Waals surface area contributed by atoms with Crippen LogP contribution >= 0.6 is 0 Å². The van der Waals surface area contributed by atoms with Crippen LogP contribution in [0.3, 0.4) is 0 Å². The topological polar surface area (TPSA) is 111 Å². The van der Waals surface area contributed by atoms with Crippen molar-refractivity contribution in [3.8, 4) is 0 Å². The largest absolute Gasteiger partial charge is 0.390 e. The first-order chi connectivity index (χ1) is 9.08. The van der Waals surface area contributed by atoms with Crippen LogP contribution in [0.5, 0.6) is 0 Å². The van der Waals surface area contributed by atoms with Gasteiger partial charge in [0.15, 0.2) is 0 Å². The average molecular weight is 264 g/mol. The van der Waals surface area contributed by atoms with E-state index in [1.165, 1.54) is 13.1 Å². The van der Waals surface area contributed by atoms with Crippen LogP contribution in [0.2, 0.25) is 0 Å². The number of aromatic nitrogens is 3. The molecule has 2 unspecified atom stereocenters. The highest BCUT2D eigenvalue weighted by Crippen LogP contribution is 2.20. The van der Waals surface area contributed by atoms with Crippen LogP contribution in [0.1, 0.15) is 25.0 Å². The van der Waals surface area contributed by atoms with E-state index in [1.807, 2.05) is 0 Å². The van der Waals surface area contributed by atoms with Gasteiger partial charge in [0, 0.05) is 25.2 Å². The Labute approximate surface area is 109 Å². The van der Waals surface area contributed by atoms with Gasteiger partial charge in [-0.05, 0) is 12.5 Å². The van der Waals surface area contributed by atoms with E-state index in [2.05, 4.69) is 20.5 Å². The Morgan fingerprint density at radius 2 is 2.26 bits per heavy atom. The zero-order valence-electron chi connectivity index (χ0n) is 10.5. The minimum absolute atomic E-state index is 0.165. The predicted octanol–water partition coefficient (Wildman–Crippen LogP) is -0.122. The summed E-state index contributed by atoms with van der Waals surface area (Å²) < 4.78 is 0. The molecule has 0 saturated carbocycles. The number of amides is 1. The Morgan fingerprint density at radius 3 is 3.00 bits per heavy atom. The van der Waals surface area contributed by atoms with Gasteiger partial charge in [-0.1, -0.05) is 0 Å². The molecule has 0 fully saturated rings. The highest BCUT2D eigenvalue weighted by atomic mass is 16.3. The van der Waals surface area contributed by atoms with Crippen molar-refractivity contribution in [1.82, 2.24) is 20.5 Å². The first-order valence-corrected chi connectivity index (χ1v) is 5.97. The maximum absolute atomic E-state index is 10.7. The first-order valence-electron chi connectivity index (χ1n) is 5.97. The molecule has 0 bridgehead atoms. The fourth-order valence-corrected chi connectivity index (χ4v) is 1.78. The van der Waals surface area contributed by atoms with Gasteiger partial charge in [0.2, 0.25) is 5.91 Å². The monoisotopic (exact) mass is 264 g/mol. The summed E-state index contributed by atoms with van der Waals surface area (Å²) in [7, 11) is 0. The van der Waals surface area contributed by atoms with Gasteiger partial charge in [-0.3, -0.25) is 14.9 Å².